The second-order valence-electron chi connectivity index (χ2n) is 3.62. The topological polar surface area (TPSA) is 26.3 Å². The zero-order valence-corrected chi connectivity index (χ0v) is 9.24. The first-order chi connectivity index (χ1) is 8.27. The third-order valence-electron chi connectivity index (χ3n) is 2.37. The van der Waals surface area contributed by atoms with Crippen molar-refractivity contribution in [2.45, 2.75) is 5.82 Å². The second-order valence-corrected chi connectivity index (χ2v) is 3.62. The monoisotopic (exact) mass is 222 g/mol. The molecule has 2 nitrogen and oxygen atoms in total. The minimum Gasteiger partial charge on any atom is -0.427 e. The lowest BCUT2D eigenvalue weighted by Crippen LogP contribution is -2.18. The SMILES string of the molecule is [B][C@@H](C(=O)Oc1ccccc1)c1ccccc1. The van der Waals surface area contributed by atoms with Crippen molar-refractivity contribution in [2.24, 2.45) is 0 Å². The van der Waals surface area contributed by atoms with E-state index in [9.17, 15) is 4.79 Å². The summed E-state index contributed by atoms with van der Waals surface area (Å²) in [5.74, 6) is -0.706. The lowest BCUT2D eigenvalue weighted by Gasteiger charge is -2.11. The molecule has 2 rings (SSSR count). The quantitative estimate of drug-likeness (QED) is 0.453. The number of ether oxygens (including phenoxy) is 1. The lowest BCUT2D eigenvalue weighted by atomic mass is 9.81. The number of benzene rings is 2. The molecule has 3 heteroatoms. The molecule has 82 valence electrons. The largest absolute Gasteiger partial charge is 0.427 e. The summed E-state index contributed by atoms with van der Waals surface area (Å²) in [6.07, 6.45) is 0. The molecule has 0 amide bonds. The second kappa shape index (κ2) is 5.35. The Kier molecular flexibility index (Phi) is 3.60. The van der Waals surface area contributed by atoms with E-state index in [1.165, 1.54) is 0 Å². The van der Waals surface area contributed by atoms with Crippen LogP contribution in [0.2, 0.25) is 0 Å². The van der Waals surface area contributed by atoms with Crippen LogP contribution in [0.5, 0.6) is 5.75 Å². The molecule has 0 aliphatic heterocycles. The molecule has 0 fully saturated rings. The first kappa shape index (κ1) is 11.5. The third-order valence-corrected chi connectivity index (χ3v) is 2.37. The van der Waals surface area contributed by atoms with Gasteiger partial charge in [0.05, 0.1) is 7.85 Å². The molecule has 0 spiro atoms. The maximum Gasteiger partial charge on any atom is 0.309 e. The highest BCUT2D eigenvalue weighted by atomic mass is 16.5. The highest BCUT2D eigenvalue weighted by Crippen LogP contribution is 2.16. The van der Waals surface area contributed by atoms with Crippen molar-refractivity contribution < 1.29 is 9.53 Å². The van der Waals surface area contributed by atoms with Gasteiger partial charge >= 0.3 is 5.97 Å². The molecule has 0 aliphatic carbocycles. The Labute approximate surface area is 102 Å². The van der Waals surface area contributed by atoms with Crippen molar-refractivity contribution in [3.63, 3.8) is 0 Å². The average Bonchev–Trinajstić information content (AvgIpc) is 2.40. The molecule has 0 saturated carbocycles. The highest BCUT2D eigenvalue weighted by Gasteiger charge is 2.16. The van der Waals surface area contributed by atoms with Crippen LogP contribution in [-0.4, -0.2) is 13.8 Å². The minimum absolute atomic E-state index is 0.456. The molecular formula is C14H11BO2. The molecule has 0 heterocycles. The van der Waals surface area contributed by atoms with Gasteiger partial charge in [-0.05, 0) is 17.7 Å². The molecule has 1 atom stereocenters. The lowest BCUT2D eigenvalue weighted by molar-refractivity contribution is -0.134. The Balaban J connectivity index is 2.06. The third kappa shape index (κ3) is 2.97. The van der Waals surface area contributed by atoms with Crippen molar-refractivity contribution >= 4 is 13.8 Å². The van der Waals surface area contributed by atoms with Crippen molar-refractivity contribution in [3.05, 3.63) is 66.2 Å². The maximum absolute atomic E-state index is 11.8. The van der Waals surface area contributed by atoms with Crippen LogP contribution in [0.4, 0.5) is 0 Å². The zero-order valence-electron chi connectivity index (χ0n) is 9.24. The number of hydrogen-bond donors (Lipinski definition) is 0. The van der Waals surface area contributed by atoms with Gasteiger partial charge in [0.2, 0.25) is 0 Å². The van der Waals surface area contributed by atoms with Gasteiger partial charge in [0, 0.05) is 5.82 Å². The van der Waals surface area contributed by atoms with Gasteiger partial charge in [-0.15, -0.1) is 0 Å². The number of para-hydroxylation sites is 1. The summed E-state index contributed by atoms with van der Waals surface area (Å²) in [5.41, 5.74) is 0.744. The summed E-state index contributed by atoms with van der Waals surface area (Å²) in [4.78, 5) is 11.8. The number of carbonyl (C=O) groups is 1. The van der Waals surface area contributed by atoms with Gasteiger partial charge in [-0.1, -0.05) is 48.5 Å². The fraction of sp³-hybridized carbons (Fsp3) is 0.0714. The smallest absolute Gasteiger partial charge is 0.309 e. The van der Waals surface area contributed by atoms with E-state index in [2.05, 4.69) is 0 Å². The summed E-state index contributed by atoms with van der Waals surface area (Å²) in [6, 6.07) is 18.1. The Morgan fingerprint density at radius 3 is 2.06 bits per heavy atom. The molecular weight excluding hydrogens is 211 g/mol. The molecule has 0 aromatic heterocycles. The van der Waals surface area contributed by atoms with Crippen molar-refractivity contribution in [1.82, 2.24) is 0 Å². The van der Waals surface area contributed by atoms with E-state index < -0.39 is 11.8 Å². The Morgan fingerprint density at radius 1 is 0.941 bits per heavy atom. The van der Waals surface area contributed by atoms with Gasteiger partial charge in [-0.25, -0.2) is 0 Å². The van der Waals surface area contributed by atoms with Gasteiger partial charge in [0.15, 0.2) is 0 Å². The number of rotatable bonds is 3. The fourth-order valence-electron chi connectivity index (χ4n) is 1.46. The molecule has 0 bridgehead atoms. The summed E-state index contributed by atoms with van der Waals surface area (Å²) >= 11 is 0. The van der Waals surface area contributed by atoms with Gasteiger partial charge in [0.1, 0.15) is 5.75 Å². The number of hydrogen-bond acceptors (Lipinski definition) is 2. The van der Waals surface area contributed by atoms with Crippen LogP contribution in [-0.2, 0) is 4.79 Å². The van der Waals surface area contributed by atoms with Gasteiger partial charge in [-0.2, -0.15) is 0 Å². The van der Waals surface area contributed by atoms with E-state index in [1.807, 2.05) is 24.3 Å². The van der Waals surface area contributed by atoms with Crippen LogP contribution < -0.4 is 4.74 Å². The molecule has 2 aromatic rings. The van der Waals surface area contributed by atoms with E-state index in [4.69, 9.17) is 12.6 Å². The van der Waals surface area contributed by atoms with Gasteiger partial charge in [-0.3, -0.25) is 4.79 Å². The summed E-state index contributed by atoms with van der Waals surface area (Å²) < 4.78 is 5.17. The molecule has 2 radical (unpaired) electrons. The highest BCUT2D eigenvalue weighted by molar-refractivity contribution is 6.23. The Morgan fingerprint density at radius 2 is 1.47 bits per heavy atom. The van der Waals surface area contributed by atoms with Crippen LogP contribution in [0.15, 0.2) is 60.7 Å². The van der Waals surface area contributed by atoms with Crippen molar-refractivity contribution in [2.75, 3.05) is 0 Å². The normalized spacial score (nSPS) is 11.8. The Bertz CT molecular complexity index is 482. The average molecular weight is 222 g/mol. The molecule has 17 heavy (non-hydrogen) atoms. The zero-order chi connectivity index (χ0) is 12.1. The van der Waals surface area contributed by atoms with Crippen molar-refractivity contribution in [1.29, 1.82) is 0 Å². The predicted molar refractivity (Wildman–Crippen MR) is 67.0 cm³/mol. The van der Waals surface area contributed by atoms with E-state index in [-0.39, 0.29) is 0 Å². The number of carbonyl (C=O) groups excluding carboxylic acids is 1. The standard InChI is InChI=1S/C14H11BO2/c15-13(11-7-3-1-4-8-11)14(16)17-12-9-5-2-6-10-12/h1-10,13H/t13-/m1/s1. The van der Waals surface area contributed by atoms with E-state index in [1.54, 1.807) is 36.4 Å². The first-order valence-electron chi connectivity index (χ1n) is 5.34. The van der Waals surface area contributed by atoms with Crippen LogP contribution >= 0.6 is 0 Å². The van der Waals surface area contributed by atoms with E-state index in [0.717, 1.165) is 5.56 Å². The molecule has 0 aliphatic rings. The van der Waals surface area contributed by atoms with Crippen LogP contribution in [0.25, 0.3) is 0 Å². The summed E-state index contributed by atoms with van der Waals surface area (Å²) in [6.45, 7) is 0. The number of esters is 1. The van der Waals surface area contributed by atoms with Crippen LogP contribution in [0, 0.1) is 0 Å². The Hall–Kier alpha value is -2.03. The first-order valence-corrected chi connectivity index (χ1v) is 5.34. The van der Waals surface area contributed by atoms with Crippen molar-refractivity contribution in [3.8, 4) is 5.75 Å². The molecule has 0 saturated heterocycles. The van der Waals surface area contributed by atoms with E-state index >= 15 is 0 Å². The summed E-state index contributed by atoms with van der Waals surface area (Å²) in [5, 5.41) is 0. The van der Waals surface area contributed by atoms with Gasteiger partial charge in [0.25, 0.3) is 0 Å². The van der Waals surface area contributed by atoms with E-state index in [0.29, 0.717) is 5.75 Å². The molecule has 2 aromatic carbocycles. The molecule has 0 unspecified atom stereocenters. The van der Waals surface area contributed by atoms with Crippen LogP contribution in [0.3, 0.4) is 0 Å². The maximum atomic E-state index is 11.8. The van der Waals surface area contributed by atoms with Gasteiger partial charge < -0.3 is 4.74 Å². The van der Waals surface area contributed by atoms with Crippen LogP contribution in [0.1, 0.15) is 11.4 Å². The predicted octanol–water partition coefficient (Wildman–Crippen LogP) is 2.50. The summed E-state index contributed by atoms with van der Waals surface area (Å²) in [7, 11) is 5.81. The fourth-order valence-corrected chi connectivity index (χ4v) is 1.46. The minimum atomic E-state index is -0.753. The molecule has 0 N–H and O–H groups in total.